The van der Waals surface area contributed by atoms with Crippen molar-refractivity contribution in [3.8, 4) is 0 Å². The minimum atomic E-state index is -1.08. The smallest absolute Gasteiger partial charge is 0.326 e. The number of rotatable bonds is 6. The Balaban J connectivity index is 2.50. The normalized spacial score (nSPS) is 11.8. The van der Waals surface area contributed by atoms with E-state index in [1.165, 1.54) is 12.1 Å². The first-order chi connectivity index (χ1) is 9.43. The van der Waals surface area contributed by atoms with Crippen molar-refractivity contribution in [3.05, 3.63) is 34.6 Å². The number of amides is 2. The van der Waals surface area contributed by atoms with Crippen molar-refractivity contribution in [3.63, 3.8) is 0 Å². The number of nitrogens with one attached hydrogen (secondary N) is 2. The second-order valence-corrected chi connectivity index (χ2v) is 4.66. The van der Waals surface area contributed by atoms with Crippen LogP contribution < -0.4 is 10.6 Å². The average molecular weight is 303 g/mol. The van der Waals surface area contributed by atoms with Gasteiger partial charge in [0.05, 0.1) is 5.02 Å². The number of carboxylic acid groups (broad SMARTS) is 1. The van der Waals surface area contributed by atoms with Crippen LogP contribution in [0.25, 0.3) is 0 Å². The van der Waals surface area contributed by atoms with E-state index in [4.69, 9.17) is 16.7 Å². The lowest BCUT2D eigenvalue weighted by molar-refractivity contribution is -0.139. The number of benzene rings is 1. The molecule has 1 rings (SSSR count). The zero-order valence-corrected chi connectivity index (χ0v) is 11.7. The number of hydrogen-bond acceptors (Lipinski definition) is 2. The number of halogens is 2. The number of hydrogen-bond donors (Lipinski definition) is 3. The molecule has 0 spiro atoms. The molecule has 0 aliphatic heterocycles. The fourth-order valence-electron chi connectivity index (χ4n) is 1.59. The lowest BCUT2D eigenvalue weighted by Crippen LogP contribution is -2.45. The number of carbonyl (C=O) groups excluding carboxylic acids is 1. The lowest BCUT2D eigenvalue weighted by atomic mass is 10.2. The molecule has 0 fully saturated rings. The standard InChI is InChI=1S/C13H16ClFN2O3/c1-2-3-11(12(18)19)17-13(20)16-7-8-4-5-9(14)10(15)6-8/h4-6,11H,2-3,7H2,1H3,(H,18,19)(H2,16,17,20). The van der Waals surface area contributed by atoms with E-state index in [2.05, 4.69) is 10.6 Å². The van der Waals surface area contributed by atoms with Crippen LogP contribution in [0.5, 0.6) is 0 Å². The van der Waals surface area contributed by atoms with Crippen LogP contribution in [0.15, 0.2) is 18.2 Å². The van der Waals surface area contributed by atoms with Crippen LogP contribution >= 0.6 is 11.6 Å². The highest BCUT2D eigenvalue weighted by Gasteiger charge is 2.18. The Labute approximate surface area is 121 Å². The van der Waals surface area contributed by atoms with Crippen LogP contribution in [0, 0.1) is 5.82 Å². The maximum Gasteiger partial charge on any atom is 0.326 e. The summed E-state index contributed by atoms with van der Waals surface area (Å²) in [6.07, 6.45) is 0.984. The van der Waals surface area contributed by atoms with Crippen molar-refractivity contribution in [1.82, 2.24) is 10.6 Å². The topological polar surface area (TPSA) is 78.4 Å². The van der Waals surface area contributed by atoms with Crippen LogP contribution in [-0.4, -0.2) is 23.1 Å². The van der Waals surface area contributed by atoms with Crippen LogP contribution in [0.4, 0.5) is 9.18 Å². The van der Waals surface area contributed by atoms with Gasteiger partial charge in [0.2, 0.25) is 0 Å². The zero-order valence-electron chi connectivity index (χ0n) is 11.0. The minimum absolute atomic E-state index is 0.00656. The Morgan fingerprint density at radius 2 is 2.15 bits per heavy atom. The summed E-state index contributed by atoms with van der Waals surface area (Å²) in [5.74, 6) is -1.65. The fourth-order valence-corrected chi connectivity index (χ4v) is 1.70. The van der Waals surface area contributed by atoms with Gasteiger partial charge >= 0.3 is 12.0 Å². The molecule has 3 N–H and O–H groups in total. The third-order valence-electron chi connectivity index (χ3n) is 2.62. The van der Waals surface area contributed by atoms with Crippen LogP contribution in [0.2, 0.25) is 5.02 Å². The van der Waals surface area contributed by atoms with Gasteiger partial charge in [0.1, 0.15) is 11.9 Å². The van der Waals surface area contributed by atoms with Gasteiger partial charge in [0.15, 0.2) is 0 Å². The Hall–Kier alpha value is -1.82. The van der Waals surface area contributed by atoms with E-state index in [0.29, 0.717) is 18.4 Å². The predicted octanol–water partition coefficient (Wildman–Crippen LogP) is 2.53. The first kappa shape index (κ1) is 16.2. The molecule has 0 saturated carbocycles. The molecule has 1 aromatic carbocycles. The number of aliphatic carboxylic acids is 1. The molecule has 20 heavy (non-hydrogen) atoms. The highest BCUT2D eigenvalue weighted by atomic mass is 35.5. The molecule has 1 unspecified atom stereocenters. The van der Waals surface area contributed by atoms with Crippen LogP contribution in [0.1, 0.15) is 25.3 Å². The Morgan fingerprint density at radius 1 is 1.45 bits per heavy atom. The van der Waals surface area contributed by atoms with Gasteiger partial charge in [-0.1, -0.05) is 31.0 Å². The molecule has 110 valence electrons. The van der Waals surface area contributed by atoms with E-state index in [0.717, 1.165) is 0 Å². The van der Waals surface area contributed by atoms with E-state index < -0.39 is 23.9 Å². The van der Waals surface area contributed by atoms with Crippen molar-refractivity contribution in [2.24, 2.45) is 0 Å². The monoisotopic (exact) mass is 302 g/mol. The molecule has 0 aliphatic rings. The van der Waals surface area contributed by atoms with E-state index >= 15 is 0 Å². The van der Waals surface area contributed by atoms with Crippen molar-refractivity contribution in [2.45, 2.75) is 32.4 Å². The number of carboxylic acids is 1. The van der Waals surface area contributed by atoms with E-state index in [-0.39, 0.29) is 11.6 Å². The number of urea groups is 1. The highest BCUT2D eigenvalue weighted by Crippen LogP contribution is 2.15. The minimum Gasteiger partial charge on any atom is -0.480 e. The van der Waals surface area contributed by atoms with E-state index in [9.17, 15) is 14.0 Å². The summed E-state index contributed by atoms with van der Waals surface area (Å²) in [7, 11) is 0. The zero-order chi connectivity index (χ0) is 15.1. The molecule has 0 aromatic heterocycles. The third kappa shape index (κ3) is 5.05. The molecule has 7 heteroatoms. The molecular formula is C13H16ClFN2O3. The molecule has 0 heterocycles. The van der Waals surface area contributed by atoms with Gasteiger partial charge in [-0.3, -0.25) is 0 Å². The lowest BCUT2D eigenvalue weighted by Gasteiger charge is -2.14. The molecular weight excluding hydrogens is 287 g/mol. The summed E-state index contributed by atoms with van der Waals surface area (Å²) in [6.45, 7) is 1.91. The largest absolute Gasteiger partial charge is 0.480 e. The molecule has 2 amide bonds. The number of carbonyl (C=O) groups is 2. The maximum atomic E-state index is 13.2. The van der Waals surface area contributed by atoms with Gasteiger partial charge in [-0.15, -0.1) is 0 Å². The van der Waals surface area contributed by atoms with Crippen LogP contribution in [-0.2, 0) is 11.3 Å². The maximum absolute atomic E-state index is 13.2. The summed E-state index contributed by atoms with van der Waals surface area (Å²) in [4.78, 5) is 22.4. The summed E-state index contributed by atoms with van der Waals surface area (Å²) in [6, 6.07) is 2.64. The summed E-state index contributed by atoms with van der Waals surface area (Å²) in [5.41, 5.74) is 0.532. The molecule has 5 nitrogen and oxygen atoms in total. The highest BCUT2D eigenvalue weighted by molar-refractivity contribution is 6.30. The van der Waals surface area contributed by atoms with Crippen molar-refractivity contribution in [1.29, 1.82) is 0 Å². The van der Waals surface area contributed by atoms with Gasteiger partial charge in [0, 0.05) is 6.54 Å². The molecule has 0 aliphatic carbocycles. The third-order valence-corrected chi connectivity index (χ3v) is 2.92. The quantitative estimate of drug-likeness (QED) is 0.755. The van der Waals surface area contributed by atoms with Gasteiger partial charge in [0.25, 0.3) is 0 Å². The van der Waals surface area contributed by atoms with Crippen molar-refractivity contribution >= 4 is 23.6 Å². The van der Waals surface area contributed by atoms with E-state index in [1.54, 1.807) is 6.07 Å². The molecule has 1 aromatic rings. The summed E-state index contributed by atoms with van der Waals surface area (Å²) < 4.78 is 13.2. The summed E-state index contributed by atoms with van der Waals surface area (Å²) in [5, 5.41) is 13.7. The van der Waals surface area contributed by atoms with Gasteiger partial charge in [-0.25, -0.2) is 14.0 Å². The summed E-state index contributed by atoms with van der Waals surface area (Å²) >= 11 is 5.54. The second kappa shape index (κ2) is 7.69. The Morgan fingerprint density at radius 3 is 2.70 bits per heavy atom. The van der Waals surface area contributed by atoms with Crippen molar-refractivity contribution < 1.29 is 19.1 Å². The van der Waals surface area contributed by atoms with E-state index in [1.807, 2.05) is 6.92 Å². The molecule has 1 atom stereocenters. The average Bonchev–Trinajstić information content (AvgIpc) is 2.39. The Bertz CT molecular complexity index is 497. The first-order valence-electron chi connectivity index (χ1n) is 6.15. The van der Waals surface area contributed by atoms with Gasteiger partial charge in [-0.05, 0) is 24.1 Å². The van der Waals surface area contributed by atoms with Gasteiger partial charge < -0.3 is 15.7 Å². The molecule has 0 saturated heterocycles. The SMILES string of the molecule is CCCC(NC(=O)NCc1ccc(Cl)c(F)c1)C(=O)O. The first-order valence-corrected chi connectivity index (χ1v) is 6.53. The molecule has 0 radical (unpaired) electrons. The predicted molar refractivity (Wildman–Crippen MR) is 73.1 cm³/mol. The van der Waals surface area contributed by atoms with Gasteiger partial charge in [-0.2, -0.15) is 0 Å². The Kier molecular flexibility index (Phi) is 6.24. The van der Waals surface area contributed by atoms with Crippen molar-refractivity contribution in [2.75, 3.05) is 0 Å². The molecule has 0 bridgehead atoms. The fraction of sp³-hybridized carbons (Fsp3) is 0.385. The van der Waals surface area contributed by atoms with Crippen LogP contribution in [0.3, 0.4) is 0 Å². The second-order valence-electron chi connectivity index (χ2n) is 4.25.